The maximum atomic E-state index is 13.2. The van der Waals surface area contributed by atoms with Gasteiger partial charge in [0.1, 0.15) is 6.04 Å². The SMILES string of the molecule is CCCCCC1SCC(C(=O)OCC(C)C)N1C(=O)c1cccc(C(F)(F)F)c1. The first-order valence-electron chi connectivity index (χ1n) is 9.93. The number of esters is 1. The van der Waals surface area contributed by atoms with Gasteiger partial charge in [-0.3, -0.25) is 4.79 Å². The molecule has 1 fully saturated rings. The van der Waals surface area contributed by atoms with E-state index >= 15 is 0 Å². The van der Waals surface area contributed by atoms with E-state index in [4.69, 9.17) is 4.74 Å². The van der Waals surface area contributed by atoms with Crippen LogP contribution in [-0.2, 0) is 15.7 Å². The maximum absolute atomic E-state index is 13.2. The number of carbonyl (C=O) groups is 2. The molecule has 0 aromatic heterocycles. The molecule has 0 bridgehead atoms. The van der Waals surface area contributed by atoms with Crippen LogP contribution in [0.25, 0.3) is 0 Å². The lowest BCUT2D eigenvalue weighted by molar-refractivity contribution is -0.149. The Bertz CT molecular complexity index is 709. The molecule has 0 saturated carbocycles. The summed E-state index contributed by atoms with van der Waals surface area (Å²) in [6.07, 6.45) is -0.957. The monoisotopic (exact) mass is 431 g/mol. The summed E-state index contributed by atoms with van der Waals surface area (Å²) >= 11 is 1.49. The van der Waals surface area contributed by atoms with Crippen molar-refractivity contribution in [2.75, 3.05) is 12.4 Å². The zero-order chi connectivity index (χ0) is 21.6. The van der Waals surface area contributed by atoms with Gasteiger partial charge in [-0.2, -0.15) is 13.2 Å². The lowest BCUT2D eigenvalue weighted by atomic mass is 10.1. The minimum Gasteiger partial charge on any atom is -0.464 e. The Kier molecular flexibility index (Phi) is 8.43. The Morgan fingerprint density at radius 2 is 2.00 bits per heavy atom. The van der Waals surface area contributed by atoms with E-state index in [1.807, 2.05) is 13.8 Å². The normalized spacial score (nSPS) is 19.6. The highest BCUT2D eigenvalue weighted by atomic mass is 32.2. The van der Waals surface area contributed by atoms with E-state index in [1.165, 1.54) is 28.8 Å². The minimum absolute atomic E-state index is 0.0653. The quantitative estimate of drug-likeness (QED) is 0.410. The number of amides is 1. The molecule has 162 valence electrons. The van der Waals surface area contributed by atoms with Gasteiger partial charge in [0, 0.05) is 11.3 Å². The van der Waals surface area contributed by atoms with Crippen LogP contribution in [0.1, 0.15) is 62.4 Å². The maximum Gasteiger partial charge on any atom is 0.416 e. The predicted octanol–water partition coefficient (Wildman–Crippen LogP) is 5.37. The van der Waals surface area contributed by atoms with Crippen molar-refractivity contribution in [1.82, 2.24) is 4.90 Å². The highest BCUT2D eigenvalue weighted by Crippen LogP contribution is 2.36. The average molecular weight is 432 g/mol. The summed E-state index contributed by atoms with van der Waals surface area (Å²) in [4.78, 5) is 27.2. The molecule has 0 N–H and O–H groups in total. The number of alkyl halides is 3. The molecule has 1 aliphatic heterocycles. The van der Waals surface area contributed by atoms with Crippen molar-refractivity contribution in [3.8, 4) is 0 Å². The lowest BCUT2D eigenvalue weighted by Gasteiger charge is -2.29. The fourth-order valence-corrected chi connectivity index (χ4v) is 4.57. The summed E-state index contributed by atoms with van der Waals surface area (Å²) in [5, 5.41) is -0.250. The highest BCUT2D eigenvalue weighted by molar-refractivity contribution is 8.00. The van der Waals surface area contributed by atoms with E-state index in [-0.39, 0.29) is 23.5 Å². The molecule has 1 aromatic carbocycles. The average Bonchev–Trinajstić information content (AvgIpc) is 3.09. The van der Waals surface area contributed by atoms with Crippen LogP contribution < -0.4 is 0 Å². The molecule has 1 aliphatic rings. The predicted molar refractivity (Wildman–Crippen MR) is 108 cm³/mol. The van der Waals surface area contributed by atoms with Gasteiger partial charge in [-0.05, 0) is 30.5 Å². The molecule has 29 heavy (non-hydrogen) atoms. The number of carbonyl (C=O) groups excluding carboxylic acids is 2. The van der Waals surface area contributed by atoms with Gasteiger partial charge in [0.15, 0.2) is 0 Å². The molecule has 4 nitrogen and oxygen atoms in total. The van der Waals surface area contributed by atoms with Gasteiger partial charge in [0.05, 0.1) is 17.5 Å². The number of thioether (sulfide) groups is 1. The Morgan fingerprint density at radius 3 is 2.62 bits per heavy atom. The standard InChI is InChI=1S/C21H28F3NO3S/c1-4-5-6-10-18-25(17(13-29-18)20(27)28-12-14(2)3)19(26)15-8-7-9-16(11-15)21(22,23)24/h7-9,11,14,17-18H,4-6,10,12-13H2,1-3H3. The molecule has 1 aromatic rings. The molecule has 1 heterocycles. The number of unbranched alkanes of at least 4 members (excludes halogenated alkanes) is 2. The first-order chi connectivity index (χ1) is 13.6. The number of benzene rings is 1. The van der Waals surface area contributed by atoms with Crippen LogP contribution in [0.15, 0.2) is 24.3 Å². The minimum atomic E-state index is -4.54. The Balaban J connectivity index is 2.27. The molecular weight excluding hydrogens is 403 g/mol. The van der Waals surface area contributed by atoms with E-state index < -0.39 is 29.7 Å². The molecule has 0 radical (unpaired) electrons. The number of hydrogen-bond acceptors (Lipinski definition) is 4. The third-order valence-corrected chi connectivity index (χ3v) is 6.01. The van der Waals surface area contributed by atoms with Crippen LogP contribution in [0.3, 0.4) is 0 Å². The Labute approximate surface area is 174 Å². The molecule has 1 amide bonds. The fourth-order valence-electron chi connectivity index (χ4n) is 3.13. The van der Waals surface area contributed by atoms with Crippen LogP contribution in [0.5, 0.6) is 0 Å². The summed E-state index contributed by atoms with van der Waals surface area (Å²) in [6, 6.07) is 3.58. The van der Waals surface area contributed by atoms with Gasteiger partial charge in [0.2, 0.25) is 0 Å². The smallest absolute Gasteiger partial charge is 0.416 e. The largest absolute Gasteiger partial charge is 0.464 e. The van der Waals surface area contributed by atoms with Gasteiger partial charge in [-0.15, -0.1) is 11.8 Å². The number of rotatable bonds is 8. The molecule has 0 spiro atoms. The van der Waals surface area contributed by atoms with Crippen molar-refractivity contribution in [3.05, 3.63) is 35.4 Å². The second-order valence-corrected chi connectivity index (χ2v) is 8.83. The number of hydrogen-bond donors (Lipinski definition) is 0. The summed E-state index contributed by atoms with van der Waals surface area (Å²) in [6.45, 7) is 6.14. The van der Waals surface area contributed by atoms with E-state index in [1.54, 1.807) is 0 Å². The van der Waals surface area contributed by atoms with E-state index in [0.717, 1.165) is 31.4 Å². The third-order valence-electron chi connectivity index (χ3n) is 4.65. The van der Waals surface area contributed by atoms with Crippen molar-refractivity contribution >= 4 is 23.6 Å². The van der Waals surface area contributed by atoms with E-state index in [9.17, 15) is 22.8 Å². The van der Waals surface area contributed by atoms with Crippen molar-refractivity contribution in [2.45, 2.75) is 64.0 Å². The van der Waals surface area contributed by atoms with Crippen LogP contribution in [0, 0.1) is 5.92 Å². The number of halogens is 3. The van der Waals surface area contributed by atoms with Gasteiger partial charge in [0.25, 0.3) is 5.91 Å². The summed E-state index contributed by atoms with van der Waals surface area (Å²) in [5.41, 5.74) is -0.943. The molecule has 2 rings (SSSR count). The Hall–Kier alpha value is -1.70. The molecule has 8 heteroatoms. The molecular formula is C21H28F3NO3S. The summed E-state index contributed by atoms with van der Waals surface area (Å²) in [5.74, 6) is -0.516. The van der Waals surface area contributed by atoms with E-state index in [0.29, 0.717) is 12.2 Å². The summed E-state index contributed by atoms with van der Waals surface area (Å²) in [7, 11) is 0. The first kappa shape index (κ1) is 23.6. The van der Waals surface area contributed by atoms with Gasteiger partial charge < -0.3 is 9.64 Å². The van der Waals surface area contributed by atoms with Crippen molar-refractivity contribution in [1.29, 1.82) is 0 Å². The van der Waals surface area contributed by atoms with Crippen LogP contribution in [0.2, 0.25) is 0 Å². The lowest BCUT2D eigenvalue weighted by Crippen LogP contribution is -2.46. The molecule has 1 saturated heterocycles. The van der Waals surface area contributed by atoms with Gasteiger partial charge in [-0.1, -0.05) is 46.1 Å². The second kappa shape index (κ2) is 10.4. The Morgan fingerprint density at radius 1 is 1.28 bits per heavy atom. The van der Waals surface area contributed by atoms with E-state index in [2.05, 4.69) is 6.92 Å². The number of ether oxygens (including phenoxy) is 1. The second-order valence-electron chi connectivity index (χ2n) is 7.61. The van der Waals surface area contributed by atoms with Gasteiger partial charge in [-0.25, -0.2) is 4.79 Å². The molecule has 2 atom stereocenters. The van der Waals surface area contributed by atoms with Crippen LogP contribution in [-0.4, -0.2) is 40.6 Å². The van der Waals surface area contributed by atoms with Crippen molar-refractivity contribution in [3.63, 3.8) is 0 Å². The van der Waals surface area contributed by atoms with Crippen molar-refractivity contribution in [2.24, 2.45) is 5.92 Å². The third kappa shape index (κ3) is 6.39. The zero-order valence-electron chi connectivity index (χ0n) is 17.0. The topological polar surface area (TPSA) is 46.6 Å². The van der Waals surface area contributed by atoms with Crippen LogP contribution >= 0.6 is 11.8 Å². The highest BCUT2D eigenvalue weighted by Gasteiger charge is 2.43. The zero-order valence-corrected chi connectivity index (χ0v) is 17.8. The van der Waals surface area contributed by atoms with Crippen LogP contribution in [0.4, 0.5) is 13.2 Å². The number of nitrogens with zero attached hydrogens (tertiary/aromatic N) is 1. The first-order valence-corrected chi connectivity index (χ1v) is 11.0. The van der Waals surface area contributed by atoms with Gasteiger partial charge >= 0.3 is 12.1 Å². The summed E-state index contributed by atoms with van der Waals surface area (Å²) < 4.78 is 44.5. The molecule has 2 unspecified atom stereocenters. The fraction of sp³-hybridized carbons (Fsp3) is 0.619. The molecule has 0 aliphatic carbocycles. The van der Waals surface area contributed by atoms with Crippen molar-refractivity contribution < 1.29 is 27.5 Å².